The average molecular weight is 412 g/mol. The summed E-state index contributed by atoms with van der Waals surface area (Å²) in [6, 6.07) is 5.14. The van der Waals surface area contributed by atoms with Crippen molar-refractivity contribution in [3.8, 4) is 5.75 Å². The molecule has 0 saturated carbocycles. The van der Waals surface area contributed by atoms with Crippen molar-refractivity contribution in [2.45, 2.75) is 45.4 Å². The third kappa shape index (κ3) is 7.45. The predicted molar refractivity (Wildman–Crippen MR) is 86.8 cm³/mol. The maximum atomic E-state index is 12.4. The summed E-state index contributed by atoms with van der Waals surface area (Å²) in [5.74, 6) is -2.17. The van der Waals surface area contributed by atoms with E-state index in [-0.39, 0.29) is 6.42 Å². The molecule has 0 fully saturated rings. The van der Waals surface area contributed by atoms with Crippen molar-refractivity contribution in [3.63, 3.8) is 0 Å². The van der Waals surface area contributed by atoms with Crippen molar-refractivity contribution >= 4 is 22.1 Å². The van der Waals surface area contributed by atoms with Crippen molar-refractivity contribution in [3.05, 3.63) is 29.8 Å². The molecule has 0 aliphatic rings. The van der Waals surface area contributed by atoms with E-state index in [2.05, 4.69) is 4.18 Å². The lowest BCUT2D eigenvalue weighted by molar-refractivity contribution is -0.194. The van der Waals surface area contributed by atoms with Crippen molar-refractivity contribution in [2.24, 2.45) is 5.92 Å². The number of aryl methyl sites for hydroxylation is 1. The lowest BCUT2D eigenvalue weighted by Gasteiger charge is -2.23. The summed E-state index contributed by atoms with van der Waals surface area (Å²) in [7, 11) is -5.75. The predicted octanol–water partition coefficient (Wildman–Crippen LogP) is 2.94. The number of halogens is 3. The summed E-state index contributed by atoms with van der Waals surface area (Å²) >= 11 is 0. The van der Waals surface area contributed by atoms with Gasteiger partial charge >= 0.3 is 27.6 Å². The third-order valence-electron chi connectivity index (χ3n) is 3.31. The van der Waals surface area contributed by atoms with E-state index in [1.807, 2.05) is 0 Å². The molecule has 1 unspecified atom stereocenters. The van der Waals surface area contributed by atoms with Gasteiger partial charge < -0.3 is 13.7 Å². The number of esters is 2. The van der Waals surface area contributed by atoms with E-state index in [9.17, 15) is 31.2 Å². The molecule has 0 aromatic heterocycles. The van der Waals surface area contributed by atoms with Gasteiger partial charge in [0.25, 0.3) is 0 Å². The Morgan fingerprint density at radius 1 is 1.11 bits per heavy atom. The molecule has 0 aliphatic carbocycles. The van der Waals surface area contributed by atoms with Crippen LogP contribution >= 0.6 is 0 Å². The fraction of sp³-hybridized carbons (Fsp3) is 0.500. The Morgan fingerprint density at radius 2 is 1.67 bits per heavy atom. The van der Waals surface area contributed by atoms with E-state index in [0.29, 0.717) is 12.0 Å². The van der Waals surface area contributed by atoms with Crippen molar-refractivity contribution in [1.29, 1.82) is 0 Å². The number of hydrogen-bond donors (Lipinski definition) is 0. The van der Waals surface area contributed by atoms with Crippen LogP contribution in [0.2, 0.25) is 0 Å². The topological polar surface area (TPSA) is 96.0 Å². The lowest BCUT2D eigenvalue weighted by Crippen LogP contribution is -2.29. The Labute approximate surface area is 154 Å². The van der Waals surface area contributed by atoms with Gasteiger partial charge in [-0.25, -0.2) is 0 Å². The minimum absolute atomic E-state index is 0.281. The maximum absolute atomic E-state index is 12.4. The van der Waals surface area contributed by atoms with Crippen LogP contribution in [-0.4, -0.2) is 32.2 Å². The highest BCUT2D eigenvalue weighted by Crippen LogP contribution is 2.28. The first-order valence-corrected chi connectivity index (χ1v) is 9.17. The summed E-state index contributed by atoms with van der Waals surface area (Å²) in [6.45, 7) is 3.97. The molecule has 0 aliphatic heterocycles. The van der Waals surface area contributed by atoms with E-state index in [4.69, 9.17) is 9.47 Å². The highest BCUT2D eigenvalue weighted by atomic mass is 32.2. The van der Waals surface area contributed by atoms with Gasteiger partial charge in [-0.15, -0.1) is 0 Å². The van der Waals surface area contributed by atoms with Crippen LogP contribution in [0.5, 0.6) is 5.75 Å². The van der Waals surface area contributed by atoms with Gasteiger partial charge in [-0.3, -0.25) is 9.59 Å². The van der Waals surface area contributed by atoms with Crippen LogP contribution in [0.25, 0.3) is 0 Å². The minimum atomic E-state index is -5.75. The van der Waals surface area contributed by atoms with E-state index in [1.54, 1.807) is 13.0 Å². The molecule has 0 heterocycles. The number of hydrogen-bond acceptors (Lipinski definition) is 7. The summed E-state index contributed by atoms with van der Waals surface area (Å²) < 4.78 is 73.2. The molecule has 0 amide bonds. The van der Waals surface area contributed by atoms with E-state index in [0.717, 1.165) is 26.0 Å². The second-order valence-corrected chi connectivity index (χ2v) is 7.27. The number of rotatable bonds is 8. The summed E-state index contributed by atoms with van der Waals surface area (Å²) in [5.41, 5.74) is -5.04. The Bertz CT molecular complexity index is 758. The number of benzene rings is 1. The fourth-order valence-electron chi connectivity index (χ4n) is 2.04. The van der Waals surface area contributed by atoms with Crippen LogP contribution in [0, 0.1) is 5.92 Å². The largest absolute Gasteiger partial charge is 0.534 e. The highest BCUT2D eigenvalue weighted by molar-refractivity contribution is 7.88. The van der Waals surface area contributed by atoms with E-state index in [1.165, 1.54) is 6.07 Å². The van der Waals surface area contributed by atoms with Crippen molar-refractivity contribution in [1.82, 2.24) is 0 Å². The Balaban J connectivity index is 2.79. The Kier molecular flexibility index (Phi) is 7.64. The quantitative estimate of drug-likeness (QED) is 0.280. The zero-order valence-corrected chi connectivity index (χ0v) is 15.6. The molecule has 11 heteroatoms. The Morgan fingerprint density at radius 3 is 2.15 bits per heavy atom. The van der Waals surface area contributed by atoms with Crippen molar-refractivity contribution in [2.75, 3.05) is 0 Å². The summed E-state index contributed by atoms with van der Waals surface area (Å²) in [6.07, 6.45) is -0.491. The van der Waals surface area contributed by atoms with Crippen LogP contribution < -0.4 is 4.18 Å². The van der Waals surface area contributed by atoms with Crippen molar-refractivity contribution < 1.29 is 44.8 Å². The first-order valence-electron chi connectivity index (χ1n) is 7.76. The molecule has 1 aromatic carbocycles. The summed E-state index contributed by atoms with van der Waals surface area (Å²) in [5, 5.41) is 0. The molecule has 27 heavy (non-hydrogen) atoms. The van der Waals surface area contributed by atoms with Crippen LogP contribution in [-0.2, 0) is 35.6 Å². The Hall–Kier alpha value is -2.30. The molecule has 1 rings (SSSR count). The molecule has 152 valence electrons. The summed E-state index contributed by atoms with van der Waals surface area (Å²) in [4.78, 5) is 22.2. The molecule has 1 atom stereocenters. The van der Waals surface area contributed by atoms with Gasteiger partial charge in [0.2, 0.25) is 6.29 Å². The maximum Gasteiger partial charge on any atom is 0.534 e. The fourth-order valence-corrected chi connectivity index (χ4v) is 2.49. The smallest absolute Gasteiger partial charge is 0.425 e. The van der Waals surface area contributed by atoms with Crippen LogP contribution in [0.4, 0.5) is 13.2 Å². The molecule has 0 N–H and O–H groups in total. The average Bonchev–Trinajstić information content (AvgIpc) is 2.50. The van der Waals surface area contributed by atoms with Gasteiger partial charge in [0.1, 0.15) is 5.75 Å². The normalized spacial score (nSPS) is 13.1. The number of ether oxygens (including phenoxy) is 2. The molecule has 7 nitrogen and oxygen atoms in total. The molecule has 0 spiro atoms. The van der Waals surface area contributed by atoms with Crippen LogP contribution in [0.15, 0.2) is 24.3 Å². The van der Waals surface area contributed by atoms with Gasteiger partial charge in [-0.2, -0.15) is 21.6 Å². The highest BCUT2D eigenvalue weighted by Gasteiger charge is 2.48. The zero-order chi connectivity index (χ0) is 20.8. The molecular weight excluding hydrogens is 393 g/mol. The standard InChI is InChI=1S/C16H19F3O7S/c1-10(15(24-11(2)20)25-12(3)21)7-8-13-5-4-6-14(9-13)26-27(22,23)16(17,18)19/h4-6,9-10,15H,7-8H2,1-3H3. The van der Waals surface area contributed by atoms with Gasteiger partial charge in [0.05, 0.1) is 0 Å². The number of carbonyl (C=O) groups is 2. The van der Waals surface area contributed by atoms with E-state index >= 15 is 0 Å². The van der Waals surface area contributed by atoms with Crippen LogP contribution in [0.3, 0.4) is 0 Å². The zero-order valence-electron chi connectivity index (χ0n) is 14.8. The molecule has 0 radical (unpaired) electrons. The second kappa shape index (κ2) is 9.07. The second-order valence-electron chi connectivity index (χ2n) is 5.73. The molecule has 1 aromatic rings. The van der Waals surface area contributed by atoms with Crippen LogP contribution in [0.1, 0.15) is 32.8 Å². The first kappa shape index (κ1) is 22.7. The minimum Gasteiger partial charge on any atom is -0.425 e. The molecular formula is C16H19F3O7S. The van der Waals surface area contributed by atoms with Gasteiger partial charge in [0.15, 0.2) is 0 Å². The SMILES string of the molecule is CC(=O)OC(OC(C)=O)C(C)CCc1cccc(OS(=O)(=O)C(F)(F)F)c1. The number of carbonyl (C=O) groups excluding carboxylic acids is 2. The monoisotopic (exact) mass is 412 g/mol. The lowest BCUT2D eigenvalue weighted by atomic mass is 10.0. The van der Waals surface area contributed by atoms with E-state index < -0.39 is 45.5 Å². The molecule has 0 saturated heterocycles. The number of alkyl halides is 3. The first-order chi connectivity index (χ1) is 12.3. The van der Waals surface area contributed by atoms with Gasteiger partial charge in [-0.1, -0.05) is 19.1 Å². The van der Waals surface area contributed by atoms with Gasteiger partial charge in [-0.05, 0) is 30.5 Å². The van der Waals surface area contributed by atoms with Gasteiger partial charge in [0, 0.05) is 19.8 Å². The third-order valence-corrected chi connectivity index (χ3v) is 4.28. The molecule has 0 bridgehead atoms.